The molecular weight excluding hydrogens is 277 g/mol. The van der Waals surface area contributed by atoms with E-state index in [4.69, 9.17) is 12.2 Å². The fraction of sp³-hybridized carbons (Fsp3) is 0. The van der Waals surface area contributed by atoms with Gasteiger partial charge in [0.05, 0.1) is 0 Å². The fourth-order valence-corrected chi connectivity index (χ4v) is 2.34. The van der Waals surface area contributed by atoms with Crippen LogP contribution in [0.25, 0.3) is 0 Å². The van der Waals surface area contributed by atoms with E-state index < -0.39 is 0 Å². The second kappa shape index (κ2) is 7.07. The SMILES string of the molecule is Fc1ccc(NC(=S)C=CSc2ccccc2)cc1. The second-order valence-corrected chi connectivity index (χ2v) is 5.15. The van der Waals surface area contributed by atoms with Crippen molar-refractivity contribution < 1.29 is 4.39 Å². The lowest BCUT2D eigenvalue weighted by atomic mass is 10.3. The molecule has 0 aromatic heterocycles. The molecule has 0 atom stereocenters. The van der Waals surface area contributed by atoms with Gasteiger partial charge in [0.25, 0.3) is 0 Å². The fourth-order valence-electron chi connectivity index (χ4n) is 1.39. The Morgan fingerprint density at radius 2 is 1.74 bits per heavy atom. The Morgan fingerprint density at radius 3 is 2.42 bits per heavy atom. The first-order chi connectivity index (χ1) is 9.24. The largest absolute Gasteiger partial charge is 0.347 e. The number of thiocarbonyl (C=S) groups is 1. The lowest BCUT2D eigenvalue weighted by Gasteiger charge is -2.03. The van der Waals surface area contributed by atoms with Gasteiger partial charge in [-0.1, -0.05) is 42.2 Å². The minimum absolute atomic E-state index is 0.258. The summed E-state index contributed by atoms with van der Waals surface area (Å²) in [6.07, 6.45) is 1.82. The number of benzene rings is 2. The summed E-state index contributed by atoms with van der Waals surface area (Å²) in [7, 11) is 0. The van der Waals surface area contributed by atoms with Crippen molar-refractivity contribution in [3.63, 3.8) is 0 Å². The van der Waals surface area contributed by atoms with Crippen LogP contribution in [0.3, 0.4) is 0 Å². The maximum atomic E-state index is 12.7. The third-order valence-electron chi connectivity index (χ3n) is 2.28. The summed E-state index contributed by atoms with van der Waals surface area (Å²) < 4.78 is 12.7. The summed E-state index contributed by atoms with van der Waals surface area (Å²) in [4.78, 5) is 1.75. The van der Waals surface area contributed by atoms with Gasteiger partial charge in [-0.15, -0.1) is 0 Å². The average Bonchev–Trinajstić information content (AvgIpc) is 2.43. The lowest BCUT2D eigenvalue weighted by molar-refractivity contribution is 0.628. The van der Waals surface area contributed by atoms with Crippen LogP contribution in [0.15, 0.2) is 71.0 Å². The molecule has 96 valence electrons. The highest BCUT2D eigenvalue weighted by atomic mass is 32.2. The van der Waals surface area contributed by atoms with Gasteiger partial charge in [0.15, 0.2) is 0 Å². The molecule has 0 bridgehead atoms. The summed E-state index contributed by atoms with van der Waals surface area (Å²) in [5.41, 5.74) is 0.778. The molecule has 1 nitrogen and oxygen atoms in total. The Bertz CT molecular complexity index is 564. The molecule has 0 aliphatic carbocycles. The van der Waals surface area contributed by atoms with Gasteiger partial charge < -0.3 is 5.32 Å². The Hall–Kier alpha value is -1.65. The molecule has 0 spiro atoms. The zero-order valence-electron chi connectivity index (χ0n) is 10.0. The molecule has 4 heteroatoms. The molecule has 2 aromatic carbocycles. The van der Waals surface area contributed by atoms with Crippen LogP contribution in [-0.2, 0) is 0 Å². The van der Waals surface area contributed by atoms with Crippen LogP contribution >= 0.6 is 24.0 Å². The summed E-state index contributed by atoms with van der Waals surface area (Å²) in [5, 5.41) is 4.94. The predicted molar refractivity (Wildman–Crippen MR) is 84.1 cm³/mol. The van der Waals surface area contributed by atoms with Gasteiger partial charge in [-0.25, -0.2) is 4.39 Å². The molecule has 0 unspecified atom stereocenters. The van der Waals surface area contributed by atoms with Gasteiger partial charge in [-0.05, 0) is 47.9 Å². The van der Waals surface area contributed by atoms with E-state index in [1.165, 1.54) is 12.1 Å². The van der Waals surface area contributed by atoms with Crippen LogP contribution in [0.2, 0.25) is 0 Å². The zero-order chi connectivity index (χ0) is 13.5. The molecule has 2 rings (SSSR count). The van der Waals surface area contributed by atoms with E-state index in [0.29, 0.717) is 4.99 Å². The lowest BCUT2D eigenvalue weighted by Crippen LogP contribution is -2.04. The maximum absolute atomic E-state index is 12.7. The number of rotatable bonds is 4. The maximum Gasteiger partial charge on any atom is 0.123 e. The quantitative estimate of drug-likeness (QED) is 0.490. The molecule has 2 aromatic rings. The van der Waals surface area contributed by atoms with Crippen LogP contribution < -0.4 is 5.32 Å². The number of halogens is 1. The number of anilines is 1. The third-order valence-corrected chi connectivity index (χ3v) is 3.33. The molecule has 0 heterocycles. The van der Waals surface area contributed by atoms with Crippen molar-refractivity contribution in [1.82, 2.24) is 0 Å². The van der Waals surface area contributed by atoms with Crippen LogP contribution in [0.1, 0.15) is 0 Å². The van der Waals surface area contributed by atoms with E-state index in [1.807, 2.05) is 41.8 Å². The zero-order valence-corrected chi connectivity index (χ0v) is 11.7. The molecule has 0 amide bonds. The van der Waals surface area contributed by atoms with Crippen LogP contribution in [0.4, 0.5) is 10.1 Å². The van der Waals surface area contributed by atoms with E-state index in [1.54, 1.807) is 23.9 Å². The van der Waals surface area contributed by atoms with Crippen LogP contribution in [0, 0.1) is 5.82 Å². The minimum atomic E-state index is -0.258. The van der Waals surface area contributed by atoms with Crippen molar-refractivity contribution in [2.45, 2.75) is 4.90 Å². The normalized spacial score (nSPS) is 10.6. The van der Waals surface area contributed by atoms with Crippen molar-refractivity contribution in [2.24, 2.45) is 0 Å². The van der Waals surface area contributed by atoms with Gasteiger partial charge in [0.2, 0.25) is 0 Å². The summed E-state index contributed by atoms with van der Waals surface area (Å²) >= 11 is 6.77. The summed E-state index contributed by atoms with van der Waals surface area (Å²) in [6, 6.07) is 16.1. The Kier molecular flexibility index (Phi) is 5.12. The highest BCUT2D eigenvalue weighted by molar-refractivity contribution is 8.02. The first-order valence-electron chi connectivity index (χ1n) is 5.69. The minimum Gasteiger partial charge on any atom is -0.347 e. The van der Waals surface area contributed by atoms with E-state index >= 15 is 0 Å². The monoisotopic (exact) mass is 289 g/mol. The van der Waals surface area contributed by atoms with Crippen molar-refractivity contribution in [2.75, 3.05) is 5.32 Å². The first kappa shape index (κ1) is 13.8. The molecule has 0 aliphatic heterocycles. The Labute approximate surface area is 121 Å². The molecule has 1 N–H and O–H groups in total. The van der Waals surface area contributed by atoms with E-state index in [-0.39, 0.29) is 5.82 Å². The number of hydrogen-bond acceptors (Lipinski definition) is 2. The van der Waals surface area contributed by atoms with Crippen molar-refractivity contribution in [3.05, 3.63) is 71.9 Å². The topological polar surface area (TPSA) is 12.0 Å². The first-order valence-corrected chi connectivity index (χ1v) is 6.97. The number of hydrogen-bond donors (Lipinski definition) is 1. The van der Waals surface area contributed by atoms with Gasteiger partial charge in [-0.2, -0.15) is 0 Å². The molecule has 0 saturated carbocycles. The average molecular weight is 289 g/mol. The summed E-state index contributed by atoms with van der Waals surface area (Å²) in [5.74, 6) is -0.258. The number of nitrogens with one attached hydrogen (secondary N) is 1. The number of thioether (sulfide) groups is 1. The van der Waals surface area contributed by atoms with Crippen molar-refractivity contribution in [1.29, 1.82) is 0 Å². The van der Waals surface area contributed by atoms with Gasteiger partial charge in [-0.3, -0.25) is 0 Å². The molecule has 0 aliphatic rings. The van der Waals surface area contributed by atoms with Crippen LogP contribution in [0.5, 0.6) is 0 Å². The molecular formula is C15H12FNS2. The van der Waals surface area contributed by atoms with E-state index in [0.717, 1.165) is 10.6 Å². The van der Waals surface area contributed by atoms with Gasteiger partial charge in [0, 0.05) is 10.6 Å². The van der Waals surface area contributed by atoms with Crippen LogP contribution in [-0.4, -0.2) is 4.99 Å². The highest BCUT2D eigenvalue weighted by Gasteiger charge is 1.95. The Morgan fingerprint density at radius 1 is 1.05 bits per heavy atom. The van der Waals surface area contributed by atoms with Gasteiger partial charge >= 0.3 is 0 Å². The summed E-state index contributed by atoms with van der Waals surface area (Å²) in [6.45, 7) is 0. The molecule has 0 saturated heterocycles. The standard InChI is InChI=1S/C15H12FNS2/c16-12-6-8-13(9-7-12)17-15(18)10-11-19-14-4-2-1-3-5-14/h1-11H,(H,17,18). The molecule has 0 fully saturated rings. The Balaban J connectivity index is 1.86. The predicted octanol–water partition coefficient (Wildman–Crippen LogP) is 4.87. The second-order valence-electron chi connectivity index (χ2n) is 3.73. The van der Waals surface area contributed by atoms with Gasteiger partial charge in [0.1, 0.15) is 10.8 Å². The van der Waals surface area contributed by atoms with Crippen molar-refractivity contribution >= 4 is 34.7 Å². The van der Waals surface area contributed by atoms with Crippen molar-refractivity contribution in [3.8, 4) is 0 Å². The third kappa shape index (κ3) is 4.85. The molecule has 0 radical (unpaired) electrons. The van der Waals surface area contributed by atoms with E-state index in [9.17, 15) is 4.39 Å². The molecule has 19 heavy (non-hydrogen) atoms. The smallest absolute Gasteiger partial charge is 0.123 e. The van der Waals surface area contributed by atoms with E-state index in [2.05, 4.69) is 5.32 Å². The highest BCUT2D eigenvalue weighted by Crippen LogP contribution is 2.18.